The molecule has 0 saturated heterocycles. The summed E-state index contributed by atoms with van der Waals surface area (Å²) >= 11 is 1.12. The van der Waals surface area contributed by atoms with Crippen LogP contribution in [0, 0.1) is 0 Å². The molecule has 108 valence electrons. The lowest BCUT2D eigenvalue weighted by molar-refractivity contribution is 0.474. The van der Waals surface area contributed by atoms with Crippen LogP contribution in [0.15, 0.2) is 44.3 Å². The van der Waals surface area contributed by atoms with E-state index in [9.17, 15) is 13.5 Å². The molecular weight excluding hydrogens is 306 g/mol. The molecule has 0 aliphatic heterocycles. The van der Waals surface area contributed by atoms with Crippen LogP contribution in [0.4, 0.5) is 0 Å². The molecule has 0 atom stereocenters. The molecule has 4 nitrogen and oxygen atoms in total. The number of sulfonamides is 1. The Balaban J connectivity index is 2.03. The Hall–Kier alpha value is -1.92. The van der Waals surface area contributed by atoms with Crippen molar-refractivity contribution in [3.8, 4) is 5.75 Å². The number of fused-ring (bicyclic) bond motifs is 1. The van der Waals surface area contributed by atoms with Gasteiger partial charge in [0.2, 0.25) is 0 Å². The van der Waals surface area contributed by atoms with Crippen LogP contribution in [-0.4, -0.2) is 19.7 Å². The Morgan fingerprint density at radius 2 is 2.14 bits per heavy atom. The van der Waals surface area contributed by atoms with Gasteiger partial charge in [-0.1, -0.05) is 24.3 Å². The zero-order valence-corrected chi connectivity index (χ0v) is 12.7. The molecule has 0 spiro atoms. The van der Waals surface area contributed by atoms with E-state index in [1.807, 2.05) is 18.2 Å². The molecule has 21 heavy (non-hydrogen) atoms. The Kier molecular flexibility index (Phi) is 3.65. The smallest absolute Gasteiger partial charge is 0.291 e. The largest absolute Gasteiger partial charge is 0.507 e. The van der Waals surface area contributed by atoms with E-state index < -0.39 is 10.0 Å². The molecule has 0 bridgehead atoms. The summed E-state index contributed by atoms with van der Waals surface area (Å²) in [4.78, 5) is 0. The van der Waals surface area contributed by atoms with Crippen LogP contribution < -0.4 is 0 Å². The third-order valence-corrected chi connectivity index (χ3v) is 5.90. The van der Waals surface area contributed by atoms with Crippen LogP contribution in [0.3, 0.4) is 0 Å². The first-order valence-corrected chi connectivity index (χ1v) is 8.75. The van der Waals surface area contributed by atoms with E-state index in [2.05, 4.69) is 4.40 Å². The van der Waals surface area contributed by atoms with Crippen LogP contribution in [0.1, 0.15) is 23.1 Å². The SMILES string of the molecule is O=S(=O)(/N=C/c1c(O)ccc2c1C=CCC2)c1cccs1. The zero-order chi connectivity index (χ0) is 14.9. The van der Waals surface area contributed by atoms with Gasteiger partial charge in [-0.05, 0) is 41.5 Å². The first-order chi connectivity index (χ1) is 10.1. The molecule has 0 radical (unpaired) electrons. The van der Waals surface area contributed by atoms with Gasteiger partial charge in [0.25, 0.3) is 10.0 Å². The van der Waals surface area contributed by atoms with Gasteiger partial charge in [0.1, 0.15) is 9.96 Å². The van der Waals surface area contributed by atoms with Gasteiger partial charge < -0.3 is 5.11 Å². The summed E-state index contributed by atoms with van der Waals surface area (Å²) in [7, 11) is -3.71. The van der Waals surface area contributed by atoms with Gasteiger partial charge in [0, 0.05) is 5.56 Å². The summed E-state index contributed by atoms with van der Waals surface area (Å²) in [6.45, 7) is 0. The second-order valence-corrected chi connectivity index (χ2v) is 7.46. The molecule has 1 aliphatic rings. The fourth-order valence-electron chi connectivity index (χ4n) is 2.24. The van der Waals surface area contributed by atoms with Crippen LogP contribution in [-0.2, 0) is 16.4 Å². The van der Waals surface area contributed by atoms with E-state index in [4.69, 9.17) is 0 Å². The first-order valence-electron chi connectivity index (χ1n) is 6.43. The fourth-order valence-corrected chi connectivity index (χ4v) is 4.07. The lowest BCUT2D eigenvalue weighted by Gasteiger charge is -2.13. The average molecular weight is 319 g/mol. The summed E-state index contributed by atoms with van der Waals surface area (Å²) in [6, 6.07) is 6.62. The number of benzene rings is 1. The van der Waals surface area contributed by atoms with E-state index in [-0.39, 0.29) is 9.96 Å². The molecule has 1 aromatic heterocycles. The third-order valence-electron chi connectivity index (χ3n) is 3.29. The topological polar surface area (TPSA) is 66.7 Å². The van der Waals surface area contributed by atoms with E-state index in [1.54, 1.807) is 17.5 Å². The molecule has 2 aromatic rings. The standard InChI is InChI=1S/C15H13NO3S2/c17-14-8-7-11-4-1-2-5-12(11)13(14)10-16-21(18,19)15-6-3-9-20-15/h2-3,5-10,17H,1,4H2/b16-10+. The van der Waals surface area contributed by atoms with E-state index in [0.29, 0.717) is 5.56 Å². The van der Waals surface area contributed by atoms with Crippen molar-refractivity contribution in [2.24, 2.45) is 4.40 Å². The van der Waals surface area contributed by atoms with Gasteiger partial charge in [-0.2, -0.15) is 12.8 Å². The third kappa shape index (κ3) is 2.77. The minimum atomic E-state index is -3.71. The Morgan fingerprint density at radius 1 is 1.29 bits per heavy atom. The quantitative estimate of drug-likeness (QED) is 0.883. The second kappa shape index (κ2) is 5.46. The number of hydrogen-bond acceptors (Lipinski definition) is 4. The number of nitrogens with zero attached hydrogens (tertiary/aromatic N) is 1. The fraction of sp³-hybridized carbons (Fsp3) is 0.133. The molecule has 1 N–H and O–H groups in total. The number of rotatable bonds is 3. The molecular formula is C15H13NO3S2. The summed E-state index contributed by atoms with van der Waals surface area (Å²) in [5, 5.41) is 11.7. The highest BCUT2D eigenvalue weighted by molar-refractivity contribution is 7.92. The average Bonchev–Trinajstić information content (AvgIpc) is 3.01. The summed E-state index contributed by atoms with van der Waals surface area (Å²) in [6.07, 6.45) is 6.97. The summed E-state index contributed by atoms with van der Waals surface area (Å²) in [5.41, 5.74) is 2.38. The van der Waals surface area contributed by atoms with Gasteiger partial charge >= 0.3 is 0 Å². The minimum Gasteiger partial charge on any atom is -0.507 e. The van der Waals surface area contributed by atoms with Crippen molar-refractivity contribution in [3.63, 3.8) is 0 Å². The number of thiophene rings is 1. The Morgan fingerprint density at radius 3 is 2.90 bits per heavy atom. The van der Waals surface area contributed by atoms with Crippen molar-refractivity contribution in [3.05, 3.63) is 52.4 Å². The van der Waals surface area contributed by atoms with Crippen LogP contribution >= 0.6 is 11.3 Å². The summed E-state index contributed by atoms with van der Waals surface area (Å²) in [5.74, 6) is 0.0328. The molecule has 0 amide bonds. The van der Waals surface area contributed by atoms with Gasteiger partial charge in [-0.15, -0.1) is 11.3 Å². The normalized spacial score (nSPS) is 14.5. The maximum atomic E-state index is 12.1. The predicted octanol–water partition coefficient (Wildman–Crippen LogP) is 3.22. The van der Waals surface area contributed by atoms with E-state index in [0.717, 1.165) is 35.3 Å². The molecule has 0 unspecified atom stereocenters. The highest BCUT2D eigenvalue weighted by Crippen LogP contribution is 2.29. The van der Waals surface area contributed by atoms with Crippen molar-refractivity contribution in [1.29, 1.82) is 0 Å². The maximum absolute atomic E-state index is 12.1. The number of phenols is 1. The van der Waals surface area contributed by atoms with Crippen LogP contribution in [0.5, 0.6) is 5.75 Å². The maximum Gasteiger partial charge on any atom is 0.291 e. The van der Waals surface area contributed by atoms with E-state index in [1.165, 1.54) is 12.3 Å². The van der Waals surface area contributed by atoms with E-state index >= 15 is 0 Å². The van der Waals surface area contributed by atoms with Crippen molar-refractivity contribution >= 4 is 33.7 Å². The highest BCUT2D eigenvalue weighted by Gasteiger charge is 2.15. The number of allylic oxidation sites excluding steroid dienone is 1. The first kappa shape index (κ1) is 14.0. The highest BCUT2D eigenvalue weighted by atomic mass is 32.2. The minimum absolute atomic E-state index is 0.0328. The molecule has 1 aliphatic carbocycles. The molecule has 0 saturated carbocycles. The zero-order valence-electron chi connectivity index (χ0n) is 11.1. The summed E-state index contributed by atoms with van der Waals surface area (Å²) < 4.78 is 28.0. The second-order valence-electron chi connectivity index (χ2n) is 4.65. The monoisotopic (exact) mass is 319 g/mol. The molecule has 1 heterocycles. The Labute approximate surface area is 127 Å². The van der Waals surface area contributed by atoms with Crippen molar-refractivity contribution in [2.45, 2.75) is 17.1 Å². The van der Waals surface area contributed by atoms with Crippen molar-refractivity contribution in [1.82, 2.24) is 0 Å². The molecule has 1 aromatic carbocycles. The Bertz CT molecular complexity index is 819. The number of aryl methyl sites for hydroxylation is 1. The number of phenolic OH excluding ortho intramolecular Hbond substituents is 1. The van der Waals surface area contributed by atoms with Crippen molar-refractivity contribution in [2.75, 3.05) is 0 Å². The molecule has 6 heteroatoms. The van der Waals surface area contributed by atoms with Crippen molar-refractivity contribution < 1.29 is 13.5 Å². The lowest BCUT2D eigenvalue weighted by atomic mass is 9.93. The predicted molar refractivity (Wildman–Crippen MR) is 84.6 cm³/mol. The number of aromatic hydroxyl groups is 1. The van der Waals surface area contributed by atoms with Crippen LogP contribution in [0.2, 0.25) is 0 Å². The number of hydrogen-bond donors (Lipinski definition) is 1. The lowest BCUT2D eigenvalue weighted by Crippen LogP contribution is -2.01. The molecule has 3 rings (SSSR count). The van der Waals surface area contributed by atoms with Gasteiger partial charge in [-0.25, -0.2) is 0 Å². The van der Waals surface area contributed by atoms with Gasteiger partial charge in [0.15, 0.2) is 0 Å². The van der Waals surface area contributed by atoms with Crippen LogP contribution in [0.25, 0.3) is 6.08 Å². The van der Waals surface area contributed by atoms with Gasteiger partial charge in [-0.3, -0.25) is 0 Å². The van der Waals surface area contributed by atoms with Gasteiger partial charge in [0.05, 0.1) is 6.21 Å². The molecule has 0 fully saturated rings.